The van der Waals surface area contributed by atoms with Crippen LogP contribution in [0.15, 0.2) is 18.2 Å². The highest BCUT2D eigenvalue weighted by Crippen LogP contribution is 2.23. The molecule has 0 radical (unpaired) electrons. The first-order valence-electron chi connectivity index (χ1n) is 5.95. The van der Waals surface area contributed by atoms with E-state index in [2.05, 4.69) is 5.32 Å². The lowest BCUT2D eigenvalue weighted by atomic mass is 10.2. The Bertz CT molecular complexity index is 410. The van der Waals surface area contributed by atoms with Crippen LogP contribution in [0.2, 0.25) is 5.02 Å². The molecular formula is C13H19ClN2O2. The highest BCUT2D eigenvalue weighted by atomic mass is 35.5. The molecule has 1 unspecified atom stereocenters. The number of ether oxygens (including phenoxy) is 1. The van der Waals surface area contributed by atoms with E-state index in [0.29, 0.717) is 18.2 Å². The smallest absolute Gasteiger partial charge is 0.227 e. The maximum atomic E-state index is 11.8. The van der Waals surface area contributed by atoms with Crippen LogP contribution in [-0.4, -0.2) is 25.2 Å². The topological polar surface area (TPSA) is 64.3 Å². The lowest BCUT2D eigenvalue weighted by Crippen LogP contribution is -2.29. The van der Waals surface area contributed by atoms with Crippen LogP contribution >= 0.6 is 11.6 Å². The molecule has 1 aromatic carbocycles. The van der Waals surface area contributed by atoms with Gasteiger partial charge in [0.2, 0.25) is 5.91 Å². The number of halogens is 1. The number of amides is 1. The van der Waals surface area contributed by atoms with Crippen LogP contribution in [-0.2, 0) is 9.53 Å². The fraction of sp³-hybridized carbons (Fsp3) is 0.462. The highest BCUT2D eigenvalue weighted by molar-refractivity contribution is 6.31. The summed E-state index contributed by atoms with van der Waals surface area (Å²) < 4.78 is 5.34. The van der Waals surface area contributed by atoms with Crippen molar-refractivity contribution >= 4 is 23.2 Å². The van der Waals surface area contributed by atoms with Gasteiger partial charge < -0.3 is 15.8 Å². The Morgan fingerprint density at radius 3 is 2.89 bits per heavy atom. The summed E-state index contributed by atoms with van der Waals surface area (Å²) in [5, 5.41) is 3.45. The van der Waals surface area contributed by atoms with Gasteiger partial charge in [-0.2, -0.15) is 0 Å². The summed E-state index contributed by atoms with van der Waals surface area (Å²) >= 11 is 5.98. The second-order valence-corrected chi connectivity index (χ2v) is 4.38. The van der Waals surface area contributed by atoms with Crippen molar-refractivity contribution < 1.29 is 9.53 Å². The van der Waals surface area contributed by atoms with Crippen molar-refractivity contribution in [2.45, 2.75) is 26.4 Å². The van der Waals surface area contributed by atoms with Gasteiger partial charge in [0, 0.05) is 23.9 Å². The Morgan fingerprint density at radius 2 is 2.28 bits per heavy atom. The fourth-order valence-electron chi connectivity index (χ4n) is 1.60. The number of nitrogens with one attached hydrogen (secondary N) is 1. The molecule has 0 aliphatic carbocycles. The minimum atomic E-state index is -0.241. The Morgan fingerprint density at radius 1 is 1.56 bits per heavy atom. The first-order chi connectivity index (χ1) is 8.58. The van der Waals surface area contributed by atoms with Crippen molar-refractivity contribution in [2.75, 3.05) is 18.5 Å². The van der Waals surface area contributed by atoms with E-state index in [1.165, 1.54) is 0 Å². The first-order valence-corrected chi connectivity index (χ1v) is 6.32. The van der Waals surface area contributed by atoms with E-state index in [0.717, 1.165) is 11.3 Å². The van der Waals surface area contributed by atoms with Crippen LogP contribution in [0.3, 0.4) is 0 Å². The number of hydrogen-bond acceptors (Lipinski definition) is 3. The van der Waals surface area contributed by atoms with Crippen LogP contribution in [0.25, 0.3) is 0 Å². The average Bonchev–Trinajstić information content (AvgIpc) is 2.34. The molecule has 3 N–H and O–H groups in total. The highest BCUT2D eigenvalue weighted by Gasteiger charge is 2.13. The van der Waals surface area contributed by atoms with E-state index in [1.54, 1.807) is 12.1 Å². The molecule has 5 heteroatoms. The number of carbonyl (C=O) groups excluding carboxylic acids is 1. The Hall–Kier alpha value is -1.10. The maximum absolute atomic E-state index is 11.8. The molecule has 0 saturated heterocycles. The van der Waals surface area contributed by atoms with Gasteiger partial charge in [-0.15, -0.1) is 0 Å². The Balaban J connectivity index is 2.61. The first kappa shape index (κ1) is 15.0. The van der Waals surface area contributed by atoms with Gasteiger partial charge in [-0.3, -0.25) is 4.79 Å². The largest absolute Gasteiger partial charge is 0.377 e. The molecule has 0 aliphatic rings. The third-order valence-corrected chi connectivity index (χ3v) is 3.03. The van der Waals surface area contributed by atoms with Crippen LogP contribution in [0.4, 0.5) is 5.69 Å². The molecule has 0 aromatic heterocycles. The average molecular weight is 271 g/mol. The molecule has 1 atom stereocenters. The fourth-order valence-corrected chi connectivity index (χ4v) is 1.77. The van der Waals surface area contributed by atoms with Gasteiger partial charge in [-0.25, -0.2) is 0 Å². The van der Waals surface area contributed by atoms with Crippen LogP contribution in [0, 0.1) is 6.92 Å². The quantitative estimate of drug-likeness (QED) is 0.834. The van der Waals surface area contributed by atoms with Gasteiger partial charge in [0.1, 0.15) is 0 Å². The van der Waals surface area contributed by atoms with E-state index in [-0.39, 0.29) is 18.4 Å². The second kappa shape index (κ2) is 7.36. The van der Waals surface area contributed by atoms with E-state index in [4.69, 9.17) is 22.1 Å². The standard InChI is InChI=1S/C13H19ClN2O2/c1-3-18-10(8-15)7-13(17)16-12-6-4-5-11(14)9(12)2/h4-6,10H,3,7-8,15H2,1-2H3,(H,16,17). The molecule has 0 fully saturated rings. The zero-order valence-electron chi connectivity index (χ0n) is 10.7. The molecule has 4 nitrogen and oxygen atoms in total. The zero-order valence-corrected chi connectivity index (χ0v) is 11.5. The number of rotatable bonds is 6. The Labute approximate surface area is 112 Å². The third kappa shape index (κ3) is 4.29. The van der Waals surface area contributed by atoms with Crippen molar-refractivity contribution in [1.29, 1.82) is 0 Å². The van der Waals surface area contributed by atoms with Crippen molar-refractivity contribution in [3.8, 4) is 0 Å². The Kier molecular flexibility index (Phi) is 6.12. The van der Waals surface area contributed by atoms with Crippen molar-refractivity contribution in [3.63, 3.8) is 0 Å². The molecule has 0 saturated carbocycles. The molecule has 1 rings (SSSR count). The van der Waals surface area contributed by atoms with Crippen molar-refractivity contribution in [3.05, 3.63) is 28.8 Å². The molecule has 0 aliphatic heterocycles. The summed E-state index contributed by atoms with van der Waals surface area (Å²) in [4.78, 5) is 11.8. The number of benzene rings is 1. The van der Waals surface area contributed by atoms with Crippen LogP contribution in [0.1, 0.15) is 18.9 Å². The minimum absolute atomic E-state index is 0.121. The predicted molar refractivity (Wildman–Crippen MR) is 73.9 cm³/mol. The van der Waals surface area contributed by atoms with Gasteiger partial charge >= 0.3 is 0 Å². The molecule has 100 valence electrons. The van der Waals surface area contributed by atoms with Gasteiger partial charge in [-0.05, 0) is 31.5 Å². The summed E-state index contributed by atoms with van der Waals surface area (Å²) in [6.45, 7) is 4.61. The normalized spacial score (nSPS) is 12.2. The van der Waals surface area contributed by atoms with E-state index >= 15 is 0 Å². The number of nitrogens with two attached hydrogens (primary N) is 1. The monoisotopic (exact) mass is 270 g/mol. The lowest BCUT2D eigenvalue weighted by Gasteiger charge is -2.15. The maximum Gasteiger partial charge on any atom is 0.227 e. The summed E-state index contributed by atoms with van der Waals surface area (Å²) in [5.74, 6) is -0.121. The molecule has 1 amide bonds. The lowest BCUT2D eigenvalue weighted by molar-refractivity contribution is -0.118. The molecular weight excluding hydrogens is 252 g/mol. The summed E-state index contributed by atoms with van der Waals surface area (Å²) in [6.07, 6.45) is 0.00511. The SMILES string of the molecule is CCOC(CN)CC(=O)Nc1cccc(Cl)c1C. The molecule has 0 bridgehead atoms. The summed E-state index contributed by atoms with van der Waals surface area (Å²) in [5.41, 5.74) is 7.11. The van der Waals surface area contributed by atoms with Crippen LogP contribution < -0.4 is 11.1 Å². The van der Waals surface area contributed by atoms with Gasteiger partial charge in [0.15, 0.2) is 0 Å². The van der Waals surface area contributed by atoms with E-state index in [1.807, 2.05) is 19.9 Å². The number of hydrogen-bond donors (Lipinski definition) is 2. The van der Waals surface area contributed by atoms with Gasteiger partial charge in [-0.1, -0.05) is 17.7 Å². The van der Waals surface area contributed by atoms with Gasteiger partial charge in [0.05, 0.1) is 12.5 Å². The summed E-state index contributed by atoms with van der Waals surface area (Å²) in [7, 11) is 0. The predicted octanol–water partition coefficient (Wildman–Crippen LogP) is 2.34. The molecule has 0 spiro atoms. The number of carbonyl (C=O) groups is 1. The molecule has 18 heavy (non-hydrogen) atoms. The van der Waals surface area contributed by atoms with Gasteiger partial charge in [0.25, 0.3) is 0 Å². The second-order valence-electron chi connectivity index (χ2n) is 3.98. The molecule has 1 aromatic rings. The van der Waals surface area contributed by atoms with E-state index in [9.17, 15) is 4.79 Å². The summed E-state index contributed by atoms with van der Waals surface area (Å²) in [6, 6.07) is 5.40. The number of anilines is 1. The van der Waals surface area contributed by atoms with Crippen LogP contribution in [0.5, 0.6) is 0 Å². The van der Waals surface area contributed by atoms with E-state index < -0.39 is 0 Å². The molecule has 0 heterocycles. The zero-order chi connectivity index (χ0) is 13.5. The van der Waals surface area contributed by atoms with Crippen molar-refractivity contribution in [2.24, 2.45) is 5.73 Å². The third-order valence-electron chi connectivity index (χ3n) is 2.62. The minimum Gasteiger partial charge on any atom is -0.377 e. The van der Waals surface area contributed by atoms with Crippen molar-refractivity contribution in [1.82, 2.24) is 0 Å².